The highest BCUT2D eigenvalue weighted by Gasteiger charge is 2.32. The molecule has 2 aromatic rings. The highest BCUT2D eigenvalue weighted by Crippen LogP contribution is 2.15. The van der Waals surface area contributed by atoms with Gasteiger partial charge >= 0.3 is 0 Å². The van der Waals surface area contributed by atoms with Crippen LogP contribution in [-0.2, 0) is 11.3 Å². The molecular formula is C23H27F2N3O2. The van der Waals surface area contributed by atoms with Gasteiger partial charge in [-0.15, -0.1) is 0 Å². The molecule has 1 heterocycles. The first-order valence-corrected chi connectivity index (χ1v) is 10.2. The predicted molar refractivity (Wildman–Crippen MR) is 111 cm³/mol. The van der Waals surface area contributed by atoms with Crippen molar-refractivity contribution in [1.82, 2.24) is 15.1 Å². The number of carbonyl (C=O) groups is 2. The topological polar surface area (TPSA) is 52.7 Å². The molecule has 0 spiro atoms. The number of piperazine rings is 1. The van der Waals surface area contributed by atoms with Crippen molar-refractivity contribution in [3.8, 4) is 0 Å². The maximum Gasteiger partial charge on any atom is 0.257 e. The van der Waals surface area contributed by atoms with Gasteiger partial charge in [0.1, 0.15) is 23.2 Å². The molecule has 0 aliphatic carbocycles. The van der Waals surface area contributed by atoms with Gasteiger partial charge in [0.2, 0.25) is 5.91 Å². The molecule has 1 unspecified atom stereocenters. The van der Waals surface area contributed by atoms with Crippen LogP contribution in [0.1, 0.15) is 29.8 Å². The Kier molecular flexibility index (Phi) is 7.15. The van der Waals surface area contributed by atoms with E-state index in [4.69, 9.17) is 0 Å². The molecule has 3 rings (SSSR count). The van der Waals surface area contributed by atoms with E-state index >= 15 is 0 Å². The summed E-state index contributed by atoms with van der Waals surface area (Å²) >= 11 is 0. The minimum absolute atomic E-state index is 0.223. The molecule has 5 nitrogen and oxygen atoms in total. The van der Waals surface area contributed by atoms with Crippen molar-refractivity contribution in [1.29, 1.82) is 0 Å². The predicted octanol–water partition coefficient (Wildman–Crippen LogP) is 3.06. The van der Waals surface area contributed by atoms with Crippen molar-refractivity contribution in [2.75, 3.05) is 26.2 Å². The van der Waals surface area contributed by atoms with Gasteiger partial charge < -0.3 is 10.2 Å². The van der Waals surface area contributed by atoms with Gasteiger partial charge in [0, 0.05) is 32.7 Å². The molecule has 1 aliphatic rings. The Morgan fingerprint density at radius 1 is 0.933 bits per heavy atom. The number of nitrogens with zero attached hydrogens (tertiary/aromatic N) is 2. The van der Waals surface area contributed by atoms with Crippen LogP contribution in [0.5, 0.6) is 0 Å². The first-order valence-electron chi connectivity index (χ1n) is 10.2. The molecule has 160 valence electrons. The molecule has 1 aliphatic heterocycles. The summed E-state index contributed by atoms with van der Waals surface area (Å²) in [6.07, 6.45) is 0. The molecule has 2 aromatic carbocycles. The lowest BCUT2D eigenvalue weighted by atomic mass is 10.0. The van der Waals surface area contributed by atoms with Gasteiger partial charge in [-0.2, -0.15) is 0 Å². The second-order valence-electron chi connectivity index (χ2n) is 7.88. The van der Waals surface area contributed by atoms with Crippen LogP contribution in [0.25, 0.3) is 0 Å². The number of rotatable bonds is 6. The summed E-state index contributed by atoms with van der Waals surface area (Å²) in [5, 5.41) is 2.54. The van der Waals surface area contributed by atoms with E-state index in [0.717, 1.165) is 31.8 Å². The Bertz CT molecular complexity index is 861. The molecule has 1 saturated heterocycles. The molecule has 0 saturated carbocycles. The molecule has 0 radical (unpaired) electrons. The minimum Gasteiger partial charge on any atom is -0.340 e. The van der Waals surface area contributed by atoms with Gasteiger partial charge in [0.05, 0.1) is 0 Å². The van der Waals surface area contributed by atoms with Crippen molar-refractivity contribution in [3.63, 3.8) is 0 Å². The molecule has 1 atom stereocenters. The van der Waals surface area contributed by atoms with E-state index in [1.165, 1.54) is 11.6 Å². The normalized spacial score (nSPS) is 15.8. The SMILES string of the molecule is CC(C)C(NC(=O)c1c(F)cccc1F)C(=O)N1CCN(Cc2ccccc2)CC1. The summed E-state index contributed by atoms with van der Waals surface area (Å²) in [5.74, 6) is -3.26. The van der Waals surface area contributed by atoms with Crippen LogP contribution >= 0.6 is 0 Å². The van der Waals surface area contributed by atoms with Crippen LogP contribution < -0.4 is 5.32 Å². The summed E-state index contributed by atoms with van der Waals surface area (Å²) in [6, 6.07) is 12.5. The summed E-state index contributed by atoms with van der Waals surface area (Å²) in [5.41, 5.74) is 0.556. The third-order valence-corrected chi connectivity index (χ3v) is 5.34. The van der Waals surface area contributed by atoms with Gasteiger partial charge in [-0.3, -0.25) is 14.5 Å². The fourth-order valence-electron chi connectivity index (χ4n) is 3.61. The zero-order chi connectivity index (χ0) is 21.7. The first kappa shape index (κ1) is 21.9. The smallest absolute Gasteiger partial charge is 0.257 e. The second-order valence-corrected chi connectivity index (χ2v) is 7.88. The van der Waals surface area contributed by atoms with Crippen LogP contribution in [-0.4, -0.2) is 53.8 Å². The lowest BCUT2D eigenvalue weighted by molar-refractivity contribution is -0.136. The molecule has 1 fully saturated rings. The Morgan fingerprint density at radius 2 is 1.53 bits per heavy atom. The van der Waals surface area contributed by atoms with Gasteiger partial charge in [0.15, 0.2) is 0 Å². The van der Waals surface area contributed by atoms with E-state index in [2.05, 4.69) is 22.3 Å². The number of hydrogen-bond donors (Lipinski definition) is 1. The molecular weight excluding hydrogens is 388 g/mol. The first-order chi connectivity index (χ1) is 14.4. The molecule has 0 aromatic heterocycles. The average molecular weight is 415 g/mol. The highest BCUT2D eigenvalue weighted by molar-refractivity contribution is 5.98. The third-order valence-electron chi connectivity index (χ3n) is 5.34. The van der Waals surface area contributed by atoms with E-state index in [9.17, 15) is 18.4 Å². The number of halogens is 2. The van der Waals surface area contributed by atoms with Gasteiger partial charge in [0.25, 0.3) is 5.91 Å². The number of benzene rings is 2. The van der Waals surface area contributed by atoms with Crippen molar-refractivity contribution < 1.29 is 18.4 Å². The summed E-state index contributed by atoms with van der Waals surface area (Å²) in [7, 11) is 0. The Balaban J connectivity index is 1.61. The maximum absolute atomic E-state index is 13.9. The van der Waals surface area contributed by atoms with Crippen LogP contribution in [0.3, 0.4) is 0 Å². The molecule has 0 bridgehead atoms. The van der Waals surface area contributed by atoms with Crippen molar-refractivity contribution in [2.45, 2.75) is 26.4 Å². The number of hydrogen-bond acceptors (Lipinski definition) is 3. The van der Waals surface area contributed by atoms with Crippen LogP contribution in [0.15, 0.2) is 48.5 Å². The molecule has 30 heavy (non-hydrogen) atoms. The molecule has 7 heteroatoms. The van der Waals surface area contributed by atoms with Gasteiger partial charge in [-0.05, 0) is 23.6 Å². The summed E-state index contributed by atoms with van der Waals surface area (Å²) in [6.45, 7) is 6.94. The van der Waals surface area contributed by atoms with E-state index in [1.54, 1.807) is 18.7 Å². The standard InChI is InChI=1S/C23H27F2N3O2/c1-16(2)21(26-22(29)20-18(24)9-6-10-19(20)25)23(30)28-13-11-27(12-14-28)15-17-7-4-3-5-8-17/h3-10,16,21H,11-15H2,1-2H3,(H,26,29). The Hall–Kier alpha value is -2.80. The fraction of sp³-hybridized carbons (Fsp3) is 0.391. The van der Waals surface area contributed by atoms with Crippen LogP contribution in [0.2, 0.25) is 0 Å². The van der Waals surface area contributed by atoms with E-state index in [1.807, 2.05) is 18.2 Å². The van der Waals surface area contributed by atoms with Crippen molar-refractivity contribution in [3.05, 3.63) is 71.3 Å². The Labute approximate surface area is 175 Å². The Morgan fingerprint density at radius 3 is 2.10 bits per heavy atom. The van der Waals surface area contributed by atoms with Gasteiger partial charge in [-0.25, -0.2) is 8.78 Å². The lowest BCUT2D eigenvalue weighted by Crippen LogP contribution is -2.56. The zero-order valence-corrected chi connectivity index (χ0v) is 17.3. The number of nitrogens with one attached hydrogen (secondary N) is 1. The number of amides is 2. The lowest BCUT2D eigenvalue weighted by Gasteiger charge is -2.37. The molecule has 1 N–H and O–H groups in total. The third kappa shape index (κ3) is 5.21. The van der Waals surface area contributed by atoms with Crippen LogP contribution in [0.4, 0.5) is 8.78 Å². The maximum atomic E-state index is 13.9. The fourth-order valence-corrected chi connectivity index (χ4v) is 3.61. The second kappa shape index (κ2) is 9.80. The van der Waals surface area contributed by atoms with E-state index in [0.29, 0.717) is 13.1 Å². The van der Waals surface area contributed by atoms with E-state index in [-0.39, 0.29) is 11.8 Å². The number of carbonyl (C=O) groups excluding carboxylic acids is 2. The minimum atomic E-state index is -0.947. The van der Waals surface area contributed by atoms with Crippen LogP contribution in [0, 0.1) is 17.6 Å². The largest absolute Gasteiger partial charge is 0.340 e. The van der Waals surface area contributed by atoms with Crippen molar-refractivity contribution in [2.24, 2.45) is 5.92 Å². The molecule has 2 amide bonds. The van der Waals surface area contributed by atoms with Crippen molar-refractivity contribution >= 4 is 11.8 Å². The van der Waals surface area contributed by atoms with Gasteiger partial charge in [-0.1, -0.05) is 50.2 Å². The monoisotopic (exact) mass is 415 g/mol. The quantitative estimate of drug-likeness (QED) is 0.789. The average Bonchev–Trinajstić information content (AvgIpc) is 2.72. The zero-order valence-electron chi connectivity index (χ0n) is 17.3. The summed E-state index contributed by atoms with van der Waals surface area (Å²) < 4.78 is 27.9. The van der Waals surface area contributed by atoms with E-state index < -0.39 is 29.1 Å². The highest BCUT2D eigenvalue weighted by atomic mass is 19.1. The summed E-state index contributed by atoms with van der Waals surface area (Å²) in [4.78, 5) is 29.5.